The van der Waals surface area contributed by atoms with Gasteiger partial charge in [-0.15, -0.1) is 6.42 Å². The number of aliphatic imine (C=N–C) groups is 1. The van der Waals surface area contributed by atoms with Crippen LogP contribution in [0.3, 0.4) is 0 Å². The quantitative estimate of drug-likeness (QED) is 0.423. The molecule has 0 atom stereocenters. The average Bonchev–Trinajstić information content (AvgIpc) is 2.20. The number of rotatable bonds is 2. The Morgan fingerprint density at radius 2 is 2.29 bits per heavy atom. The number of aromatic nitrogens is 2. The fourth-order valence-corrected chi connectivity index (χ4v) is 1.12. The Hall–Kier alpha value is -1.66. The minimum Gasteiger partial charge on any atom is -0.256 e. The van der Waals surface area contributed by atoms with Crippen molar-refractivity contribution in [1.82, 2.24) is 9.97 Å². The highest BCUT2D eigenvalue weighted by atomic mass is 35.5. The second kappa shape index (κ2) is 4.54. The molecule has 0 radical (unpaired) electrons. The molecule has 0 N–H and O–H groups in total. The van der Waals surface area contributed by atoms with E-state index in [2.05, 4.69) is 27.5 Å². The van der Waals surface area contributed by atoms with Gasteiger partial charge in [-0.2, -0.15) is 0 Å². The summed E-state index contributed by atoms with van der Waals surface area (Å²) in [6, 6.07) is 0. The lowest BCUT2D eigenvalue weighted by Gasteiger charge is -2.02. The number of terminal acetylenes is 1. The summed E-state index contributed by atoms with van der Waals surface area (Å²) >= 11 is 5.66. The molecule has 70 valence electrons. The number of hydrogen-bond donors (Lipinski definition) is 0. The van der Waals surface area contributed by atoms with Crippen molar-refractivity contribution >= 4 is 29.6 Å². The predicted molar refractivity (Wildman–Crippen MR) is 58.9 cm³/mol. The summed E-state index contributed by atoms with van der Waals surface area (Å²) in [5.41, 5.74) is 1.43. The van der Waals surface area contributed by atoms with E-state index in [0.29, 0.717) is 17.1 Å². The van der Waals surface area contributed by atoms with Gasteiger partial charge in [0, 0.05) is 6.21 Å². The van der Waals surface area contributed by atoms with Crippen LogP contribution in [0.25, 0.3) is 6.08 Å². The standard InChI is InChI=1S/C10H8ClN3/c1-4-7-9(12-6-3)8(5-2)14-10(11)13-7/h1,5-6H,2H2,3H3. The van der Waals surface area contributed by atoms with Crippen LogP contribution in [0.1, 0.15) is 18.3 Å². The SMILES string of the molecule is C#Cc1nc(Cl)nc(C=C)c1N=CC. The van der Waals surface area contributed by atoms with Gasteiger partial charge in [0.2, 0.25) is 5.28 Å². The molecule has 0 bridgehead atoms. The smallest absolute Gasteiger partial charge is 0.224 e. The van der Waals surface area contributed by atoms with E-state index < -0.39 is 0 Å². The van der Waals surface area contributed by atoms with Crippen molar-refractivity contribution in [1.29, 1.82) is 0 Å². The Morgan fingerprint density at radius 1 is 1.57 bits per heavy atom. The van der Waals surface area contributed by atoms with Crippen LogP contribution in [-0.4, -0.2) is 16.2 Å². The summed E-state index contributed by atoms with van der Waals surface area (Å²) < 4.78 is 0. The highest BCUT2D eigenvalue weighted by molar-refractivity contribution is 6.28. The van der Waals surface area contributed by atoms with Crippen molar-refractivity contribution in [2.24, 2.45) is 4.99 Å². The lowest BCUT2D eigenvalue weighted by molar-refractivity contribution is 1.12. The first kappa shape index (κ1) is 10.4. The third-order valence-electron chi connectivity index (χ3n) is 1.47. The van der Waals surface area contributed by atoms with Gasteiger partial charge in [-0.1, -0.05) is 6.58 Å². The molecule has 0 saturated carbocycles. The molecule has 0 aliphatic heterocycles. The Labute approximate surface area is 87.6 Å². The summed E-state index contributed by atoms with van der Waals surface area (Å²) in [6.45, 7) is 5.38. The maximum atomic E-state index is 5.66. The van der Waals surface area contributed by atoms with Gasteiger partial charge in [-0.05, 0) is 30.5 Å². The first-order chi connectivity index (χ1) is 6.72. The zero-order chi connectivity index (χ0) is 10.6. The van der Waals surface area contributed by atoms with Crippen molar-refractivity contribution in [3.63, 3.8) is 0 Å². The topological polar surface area (TPSA) is 38.1 Å². The normalized spacial score (nSPS) is 10.1. The Kier molecular flexibility index (Phi) is 3.38. The van der Waals surface area contributed by atoms with Crippen LogP contribution in [0.5, 0.6) is 0 Å². The van der Waals surface area contributed by atoms with Crippen molar-refractivity contribution in [3.8, 4) is 12.3 Å². The van der Waals surface area contributed by atoms with Gasteiger partial charge in [0.05, 0.1) is 5.69 Å². The molecule has 0 aromatic carbocycles. The fraction of sp³-hybridized carbons (Fsp3) is 0.100. The van der Waals surface area contributed by atoms with Gasteiger partial charge in [0.25, 0.3) is 0 Å². The fourth-order valence-electron chi connectivity index (χ4n) is 0.943. The van der Waals surface area contributed by atoms with Gasteiger partial charge < -0.3 is 0 Å². The van der Waals surface area contributed by atoms with Crippen LogP contribution in [-0.2, 0) is 0 Å². The zero-order valence-corrected chi connectivity index (χ0v) is 8.41. The molecule has 1 heterocycles. The Bertz CT molecular complexity index is 430. The van der Waals surface area contributed by atoms with E-state index in [1.54, 1.807) is 13.1 Å². The van der Waals surface area contributed by atoms with Crippen molar-refractivity contribution in [3.05, 3.63) is 23.3 Å². The van der Waals surface area contributed by atoms with Gasteiger partial charge in [0.15, 0.2) is 0 Å². The summed E-state index contributed by atoms with van der Waals surface area (Å²) in [6.07, 6.45) is 8.42. The molecule has 1 rings (SSSR count). The molecule has 0 unspecified atom stereocenters. The first-order valence-electron chi connectivity index (χ1n) is 3.88. The van der Waals surface area contributed by atoms with Crippen LogP contribution in [0.2, 0.25) is 5.28 Å². The van der Waals surface area contributed by atoms with Gasteiger partial charge >= 0.3 is 0 Å². The van der Waals surface area contributed by atoms with Gasteiger partial charge in [-0.3, -0.25) is 4.99 Å². The van der Waals surface area contributed by atoms with Gasteiger partial charge in [0.1, 0.15) is 11.4 Å². The second-order valence-corrected chi connectivity index (χ2v) is 2.65. The summed E-state index contributed by atoms with van der Waals surface area (Å²) in [4.78, 5) is 11.9. The summed E-state index contributed by atoms with van der Waals surface area (Å²) in [5, 5.41) is 0.0999. The monoisotopic (exact) mass is 205 g/mol. The van der Waals surface area contributed by atoms with E-state index in [1.165, 1.54) is 6.08 Å². The molecule has 0 spiro atoms. The van der Waals surface area contributed by atoms with Crippen molar-refractivity contribution < 1.29 is 0 Å². The molecule has 0 fully saturated rings. The van der Waals surface area contributed by atoms with E-state index in [9.17, 15) is 0 Å². The molecule has 0 aliphatic carbocycles. The predicted octanol–water partition coefficient (Wildman–Crippen LogP) is 2.48. The second-order valence-electron chi connectivity index (χ2n) is 2.31. The molecule has 0 saturated heterocycles. The summed E-state index contributed by atoms with van der Waals surface area (Å²) in [7, 11) is 0. The maximum Gasteiger partial charge on any atom is 0.224 e. The third kappa shape index (κ3) is 1.98. The number of nitrogens with zero attached hydrogens (tertiary/aromatic N) is 3. The molecule has 3 nitrogen and oxygen atoms in total. The lowest BCUT2D eigenvalue weighted by atomic mass is 10.2. The highest BCUT2D eigenvalue weighted by Gasteiger charge is 2.08. The van der Waals surface area contributed by atoms with E-state index in [0.717, 1.165) is 0 Å². The van der Waals surface area contributed by atoms with Gasteiger partial charge in [-0.25, -0.2) is 9.97 Å². The van der Waals surface area contributed by atoms with E-state index in [4.69, 9.17) is 18.0 Å². The van der Waals surface area contributed by atoms with Crippen molar-refractivity contribution in [2.75, 3.05) is 0 Å². The number of hydrogen-bond acceptors (Lipinski definition) is 3. The first-order valence-corrected chi connectivity index (χ1v) is 4.26. The van der Waals surface area contributed by atoms with Crippen LogP contribution < -0.4 is 0 Å². The van der Waals surface area contributed by atoms with E-state index in [1.807, 2.05) is 0 Å². The molecule has 0 aliphatic rings. The van der Waals surface area contributed by atoms with Crippen LogP contribution in [0.15, 0.2) is 11.6 Å². The lowest BCUT2D eigenvalue weighted by Crippen LogP contribution is -1.93. The highest BCUT2D eigenvalue weighted by Crippen LogP contribution is 2.23. The largest absolute Gasteiger partial charge is 0.256 e. The maximum absolute atomic E-state index is 5.66. The molecule has 1 aromatic heterocycles. The summed E-state index contributed by atoms with van der Waals surface area (Å²) in [5.74, 6) is 2.40. The minimum absolute atomic E-state index is 0.0999. The zero-order valence-electron chi connectivity index (χ0n) is 7.66. The van der Waals surface area contributed by atoms with Crippen LogP contribution in [0, 0.1) is 12.3 Å². The molecule has 4 heteroatoms. The minimum atomic E-state index is 0.0999. The van der Waals surface area contributed by atoms with Crippen LogP contribution >= 0.6 is 11.6 Å². The Balaban J connectivity index is 3.50. The van der Waals surface area contributed by atoms with Crippen molar-refractivity contribution in [2.45, 2.75) is 6.92 Å². The molecule has 0 amide bonds. The van der Waals surface area contributed by atoms with E-state index in [-0.39, 0.29) is 5.28 Å². The van der Waals surface area contributed by atoms with E-state index >= 15 is 0 Å². The molecule has 1 aromatic rings. The Morgan fingerprint density at radius 3 is 2.79 bits per heavy atom. The molecular weight excluding hydrogens is 198 g/mol. The number of halogens is 1. The molecular formula is C10H8ClN3. The molecule has 14 heavy (non-hydrogen) atoms. The van der Waals surface area contributed by atoms with Crippen LogP contribution in [0.4, 0.5) is 5.69 Å². The average molecular weight is 206 g/mol. The third-order valence-corrected chi connectivity index (χ3v) is 1.64.